The minimum atomic E-state index is -4.68. The van der Waals surface area contributed by atoms with Crippen LogP contribution in [0.2, 0.25) is 0 Å². The number of hydrogen-bond donors (Lipinski definition) is 1. The number of rotatable bonds is 6. The molecule has 0 fully saturated rings. The van der Waals surface area contributed by atoms with Crippen LogP contribution in [0.5, 0.6) is 5.75 Å². The molecule has 168 valence electrons. The van der Waals surface area contributed by atoms with Crippen LogP contribution >= 0.6 is 11.8 Å². The van der Waals surface area contributed by atoms with Crippen molar-refractivity contribution in [3.05, 3.63) is 82.4 Å². The van der Waals surface area contributed by atoms with Gasteiger partial charge in [-0.3, -0.25) is 9.93 Å². The van der Waals surface area contributed by atoms with Gasteiger partial charge < -0.3 is 5.11 Å². The summed E-state index contributed by atoms with van der Waals surface area (Å²) in [4.78, 5) is 21.9. The molecule has 0 bridgehead atoms. The van der Waals surface area contributed by atoms with Crippen molar-refractivity contribution < 1.29 is 41.3 Å². The van der Waals surface area contributed by atoms with Crippen molar-refractivity contribution in [2.75, 3.05) is 0 Å². The number of pyridine rings is 2. The molecule has 5 nitrogen and oxygen atoms in total. The highest BCUT2D eigenvalue weighted by atomic mass is 32.2. The molecular weight excluding hydrogens is 462 g/mol. The van der Waals surface area contributed by atoms with Crippen LogP contribution in [0.15, 0.2) is 47.6 Å². The lowest BCUT2D eigenvalue weighted by molar-refractivity contribution is -0.141. The number of carboxylic acids is 1. The topological polar surface area (TPSA) is 72.3 Å². The predicted octanol–water partition coefficient (Wildman–Crippen LogP) is 5.93. The van der Waals surface area contributed by atoms with E-state index in [-0.39, 0.29) is 21.7 Å². The van der Waals surface area contributed by atoms with E-state index in [0.29, 0.717) is 12.1 Å². The molecule has 3 aromatic rings. The standard InChI is InChI=1S/C20H12F6N2O3S/c1-9-6-14(19(29)30)27-8-11(9)18(16-12(21)3-4-13(22)17(16)31-26)32-10-2-5-15(28-7-10)20(23,24)25/h2-8,18H,1H3,(H,29,30). The summed E-state index contributed by atoms with van der Waals surface area (Å²) in [5, 5.41) is 7.83. The van der Waals surface area contributed by atoms with Gasteiger partial charge in [0, 0.05) is 21.8 Å². The monoisotopic (exact) mass is 474 g/mol. The number of benzene rings is 1. The van der Waals surface area contributed by atoms with E-state index in [4.69, 9.17) is 5.11 Å². The van der Waals surface area contributed by atoms with E-state index in [0.717, 1.165) is 36.3 Å². The first-order chi connectivity index (χ1) is 15.0. The van der Waals surface area contributed by atoms with Gasteiger partial charge in [0.25, 0.3) is 0 Å². The van der Waals surface area contributed by atoms with E-state index < -0.39 is 46.0 Å². The van der Waals surface area contributed by atoms with Gasteiger partial charge in [-0.15, -0.1) is 11.8 Å². The van der Waals surface area contributed by atoms with Crippen LogP contribution in [0.1, 0.15) is 38.1 Å². The minimum absolute atomic E-state index is 0.109. The first-order valence-corrected chi connectivity index (χ1v) is 9.57. The Labute approximate surface area is 181 Å². The van der Waals surface area contributed by atoms with Crippen molar-refractivity contribution >= 4 is 17.7 Å². The van der Waals surface area contributed by atoms with Crippen molar-refractivity contribution in [1.82, 2.24) is 9.97 Å². The summed E-state index contributed by atoms with van der Waals surface area (Å²) in [6.07, 6.45) is -2.72. The van der Waals surface area contributed by atoms with Gasteiger partial charge >= 0.3 is 12.1 Å². The van der Waals surface area contributed by atoms with Crippen molar-refractivity contribution in [2.45, 2.75) is 23.2 Å². The number of hydrogen-bond acceptors (Lipinski definition) is 5. The molecular formula is C20H12F6N2O3S. The van der Waals surface area contributed by atoms with Crippen LogP contribution in [-0.4, -0.2) is 21.0 Å². The number of aromatic nitrogens is 2. The Kier molecular flexibility index (Phi) is 6.63. The summed E-state index contributed by atoms with van der Waals surface area (Å²) in [6, 6.07) is 4.32. The molecule has 3 rings (SSSR count). The van der Waals surface area contributed by atoms with Crippen LogP contribution in [0.25, 0.3) is 0 Å². The third kappa shape index (κ3) is 4.79. The Morgan fingerprint density at radius 1 is 1.09 bits per heavy atom. The molecule has 0 aliphatic rings. The molecule has 1 N–H and O–H groups in total. The first-order valence-electron chi connectivity index (χ1n) is 8.69. The van der Waals surface area contributed by atoms with Crippen LogP contribution < -0.4 is 4.94 Å². The maximum Gasteiger partial charge on any atom is 0.433 e. The average Bonchev–Trinajstić information content (AvgIpc) is 2.73. The summed E-state index contributed by atoms with van der Waals surface area (Å²) in [6.45, 7) is 1.47. The van der Waals surface area contributed by atoms with Crippen molar-refractivity contribution in [2.24, 2.45) is 0 Å². The third-order valence-corrected chi connectivity index (χ3v) is 5.61. The number of thioether (sulfide) groups is 1. The maximum atomic E-state index is 14.7. The lowest BCUT2D eigenvalue weighted by Crippen LogP contribution is -2.09. The number of alkyl halides is 3. The Morgan fingerprint density at radius 2 is 1.78 bits per heavy atom. The molecule has 2 aromatic heterocycles. The molecule has 0 saturated carbocycles. The summed E-state index contributed by atoms with van der Waals surface area (Å²) in [5.74, 6) is -4.66. The van der Waals surface area contributed by atoms with Crippen LogP contribution in [0.3, 0.4) is 0 Å². The normalized spacial score (nSPS) is 12.5. The highest BCUT2D eigenvalue weighted by molar-refractivity contribution is 7.99. The van der Waals surface area contributed by atoms with Crippen molar-refractivity contribution in [3.63, 3.8) is 0 Å². The average molecular weight is 474 g/mol. The summed E-state index contributed by atoms with van der Waals surface area (Å²) in [5.41, 5.74) is -1.63. The zero-order chi connectivity index (χ0) is 23.6. The highest BCUT2D eigenvalue weighted by Crippen LogP contribution is 2.47. The fraction of sp³-hybridized carbons (Fsp3) is 0.150. The van der Waals surface area contributed by atoms with Gasteiger partial charge in [0.2, 0.25) is 5.75 Å². The number of carbonyl (C=O) groups is 1. The third-order valence-electron chi connectivity index (χ3n) is 4.37. The SMILES string of the molecule is Cc1cc(C(=O)O)ncc1C(Sc1ccc(C(F)(F)F)nc1)c1c(F)ccc(F)c1OF. The Balaban J connectivity index is 2.15. The molecule has 1 aromatic carbocycles. The summed E-state index contributed by atoms with van der Waals surface area (Å²) < 4.78 is 80.4. The second-order valence-corrected chi connectivity index (χ2v) is 7.63. The van der Waals surface area contributed by atoms with E-state index in [1.54, 1.807) is 0 Å². The van der Waals surface area contributed by atoms with Crippen LogP contribution in [0.4, 0.5) is 26.5 Å². The van der Waals surface area contributed by atoms with E-state index in [1.807, 2.05) is 0 Å². The highest BCUT2D eigenvalue weighted by Gasteiger charge is 2.33. The molecule has 0 radical (unpaired) electrons. The Hall–Kier alpha value is -3.28. The fourth-order valence-corrected chi connectivity index (χ4v) is 4.10. The smallest absolute Gasteiger partial charge is 0.433 e. The largest absolute Gasteiger partial charge is 0.477 e. The quantitative estimate of drug-likeness (QED) is 0.353. The van der Waals surface area contributed by atoms with E-state index >= 15 is 0 Å². The summed E-state index contributed by atoms with van der Waals surface area (Å²) >= 11 is 0.724. The number of aryl methyl sites for hydroxylation is 1. The van der Waals surface area contributed by atoms with Gasteiger partial charge in [-0.1, -0.05) is 0 Å². The number of aromatic carboxylic acids is 1. The van der Waals surface area contributed by atoms with Crippen LogP contribution in [-0.2, 0) is 6.18 Å². The molecule has 1 atom stereocenters. The Bertz CT molecular complexity index is 1160. The lowest BCUT2D eigenvalue weighted by Gasteiger charge is -2.21. The van der Waals surface area contributed by atoms with E-state index in [1.165, 1.54) is 13.0 Å². The predicted molar refractivity (Wildman–Crippen MR) is 101 cm³/mol. The van der Waals surface area contributed by atoms with Crippen molar-refractivity contribution in [1.29, 1.82) is 0 Å². The zero-order valence-corrected chi connectivity index (χ0v) is 16.8. The molecule has 2 heterocycles. The lowest BCUT2D eigenvalue weighted by atomic mass is 9.99. The molecule has 0 aliphatic carbocycles. The van der Waals surface area contributed by atoms with Gasteiger partial charge in [0.15, 0.2) is 5.82 Å². The second kappa shape index (κ2) is 9.07. The molecule has 0 amide bonds. The van der Waals surface area contributed by atoms with Gasteiger partial charge in [-0.25, -0.2) is 18.6 Å². The van der Waals surface area contributed by atoms with Gasteiger partial charge in [-0.05, 0) is 48.4 Å². The molecule has 0 spiro atoms. The van der Waals surface area contributed by atoms with E-state index in [9.17, 15) is 31.3 Å². The number of halogens is 6. The number of carboxylic acid groups (broad SMARTS) is 1. The van der Waals surface area contributed by atoms with Crippen LogP contribution in [0, 0.1) is 18.6 Å². The molecule has 1 unspecified atom stereocenters. The first kappa shape index (κ1) is 23.4. The second-order valence-electron chi connectivity index (χ2n) is 6.46. The van der Waals surface area contributed by atoms with Crippen molar-refractivity contribution in [3.8, 4) is 5.75 Å². The Morgan fingerprint density at radius 3 is 2.31 bits per heavy atom. The number of nitrogens with zero attached hydrogens (tertiary/aromatic N) is 2. The zero-order valence-electron chi connectivity index (χ0n) is 16.0. The molecule has 0 aliphatic heterocycles. The summed E-state index contributed by atoms with van der Waals surface area (Å²) in [7, 11) is 0. The molecule has 12 heteroatoms. The van der Waals surface area contributed by atoms with E-state index in [2.05, 4.69) is 14.9 Å². The molecule has 32 heavy (non-hydrogen) atoms. The fourth-order valence-electron chi connectivity index (χ4n) is 2.86. The molecule has 0 saturated heterocycles. The van der Waals surface area contributed by atoms with Gasteiger partial charge in [0.1, 0.15) is 17.2 Å². The maximum absolute atomic E-state index is 14.7. The van der Waals surface area contributed by atoms with Gasteiger partial charge in [-0.2, -0.15) is 13.2 Å². The van der Waals surface area contributed by atoms with Gasteiger partial charge in [0.05, 0.1) is 10.8 Å². The minimum Gasteiger partial charge on any atom is -0.477 e.